The second-order valence-corrected chi connectivity index (χ2v) is 19.6. The smallest absolute Gasteiger partial charge is 0.0537 e. The van der Waals surface area contributed by atoms with Gasteiger partial charge in [0.15, 0.2) is 0 Å². The molecule has 2 aliphatic heterocycles. The molecule has 0 amide bonds. The topological polar surface area (TPSA) is 6.48 Å². The van der Waals surface area contributed by atoms with E-state index in [-0.39, 0.29) is 21.9 Å². The van der Waals surface area contributed by atoms with E-state index in [1.165, 1.54) is 56.8 Å². The quantitative estimate of drug-likeness (QED) is 0.323. The summed E-state index contributed by atoms with van der Waals surface area (Å²) in [5, 5.41) is 0. The average Bonchev–Trinajstić information content (AvgIpc) is 3.60. The van der Waals surface area contributed by atoms with Gasteiger partial charge in [-0.15, -0.1) is 0 Å². The molecular formula is C47H64N2. The highest BCUT2D eigenvalue weighted by molar-refractivity contribution is 5.94. The predicted molar refractivity (Wildman–Crippen MR) is 215 cm³/mol. The Morgan fingerprint density at radius 2 is 1.14 bits per heavy atom. The first-order valence-corrected chi connectivity index (χ1v) is 19.4. The standard InChI is InChI=1S/C47H64N2/c1-26(2)47(25-31(9)33-17-32(18-40(33)47)44(10,11)12)43-38-21-41-34(29(7)23-45(13,14)48(41)27(3)4)19-36(38)37-20-35-30(8)24-46(15,16)49(28(5)6)42(35)22-39(37)43/h17-24,26-28,31,33,43H,25H2,1-16H3. The van der Waals surface area contributed by atoms with E-state index in [9.17, 15) is 0 Å². The van der Waals surface area contributed by atoms with Gasteiger partial charge in [0.2, 0.25) is 0 Å². The minimum absolute atomic E-state index is 0.0332. The van der Waals surface area contributed by atoms with Crippen molar-refractivity contribution in [1.82, 2.24) is 0 Å². The molecule has 2 heterocycles. The zero-order valence-electron chi connectivity index (χ0n) is 33.7. The van der Waals surface area contributed by atoms with Crippen LogP contribution in [0.1, 0.15) is 145 Å². The van der Waals surface area contributed by atoms with Crippen molar-refractivity contribution in [2.24, 2.45) is 28.6 Å². The number of fused-ring (bicyclic) bond motifs is 6. The Morgan fingerprint density at radius 1 is 0.694 bits per heavy atom. The van der Waals surface area contributed by atoms with Crippen LogP contribution in [-0.4, -0.2) is 23.2 Å². The van der Waals surface area contributed by atoms with E-state index in [1.54, 1.807) is 16.7 Å². The fourth-order valence-electron chi connectivity index (χ4n) is 11.7. The Kier molecular flexibility index (Phi) is 7.56. The minimum atomic E-state index is -0.0486. The van der Waals surface area contributed by atoms with E-state index in [1.807, 2.05) is 0 Å². The van der Waals surface area contributed by atoms with Gasteiger partial charge in [-0.05, 0) is 156 Å². The summed E-state index contributed by atoms with van der Waals surface area (Å²) in [6, 6.07) is 11.3. The SMILES string of the molecule is CC1=CC(C)(C)N(C(C)C)c2cc3c(cc21)-c1cc2c(cc1C3C1(C(C)C)CC(C)C3C=C(C(C)(C)C)C=C31)N(C(C)C)C(C)(C)C=C2C. The molecule has 2 nitrogen and oxygen atoms in total. The van der Waals surface area contributed by atoms with Crippen molar-refractivity contribution < 1.29 is 0 Å². The number of hydrogen-bond acceptors (Lipinski definition) is 2. The molecule has 7 rings (SSSR count). The molecule has 5 aliphatic rings. The molecule has 0 radical (unpaired) electrons. The summed E-state index contributed by atoms with van der Waals surface area (Å²) in [7, 11) is 0. The van der Waals surface area contributed by atoms with Crippen LogP contribution in [0.15, 0.2) is 59.7 Å². The molecule has 0 bridgehead atoms. The lowest BCUT2D eigenvalue weighted by atomic mass is 9.60. The lowest BCUT2D eigenvalue weighted by Gasteiger charge is -2.47. The van der Waals surface area contributed by atoms with Crippen molar-refractivity contribution in [3.8, 4) is 11.1 Å². The maximum atomic E-state index is 2.69. The Balaban J connectivity index is 1.57. The monoisotopic (exact) mass is 657 g/mol. The van der Waals surface area contributed by atoms with E-state index >= 15 is 0 Å². The van der Waals surface area contributed by atoms with Crippen LogP contribution in [0.3, 0.4) is 0 Å². The molecule has 0 saturated heterocycles. The van der Waals surface area contributed by atoms with Crippen molar-refractivity contribution in [3.05, 3.63) is 82.0 Å². The van der Waals surface area contributed by atoms with Crippen molar-refractivity contribution >= 4 is 22.5 Å². The zero-order chi connectivity index (χ0) is 35.9. The molecule has 1 saturated carbocycles. The fourth-order valence-corrected chi connectivity index (χ4v) is 11.7. The summed E-state index contributed by atoms with van der Waals surface area (Å²) in [6.45, 7) is 38.5. The Bertz CT molecular complexity index is 1760. The van der Waals surface area contributed by atoms with Crippen molar-refractivity contribution in [3.63, 3.8) is 0 Å². The van der Waals surface area contributed by atoms with Crippen LogP contribution in [0.2, 0.25) is 0 Å². The van der Waals surface area contributed by atoms with Crippen LogP contribution in [0, 0.1) is 28.6 Å². The molecule has 0 spiro atoms. The van der Waals surface area contributed by atoms with Crippen molar-refractivity contribution in [2.75, 3.05) is 9.80 Å². The van der Waals surface area contributed by atoms with E-state index in [4.69, 9.17) is 0 Å². The van der Waals surface area contributed by atoms with Gasteiger partial charge < -0.3 is 9.80 Å². The van der Waals surface area contributed by atoms with E-state index in [0.717, 1.165) is 0 Å². The number of allylic oxidation sites excluding steroid dienone is 6. The molecule has 2 aromatic carbocycles. The Hall–Kier alpha value is -3.00. The van der Waals surface area contributed by atoms with E-state index in [2.05, 4.69) is 169 Å². The molecular weight excluding hydrogens is 593 g/mol. The highest BCUT2D eigenvalue weighted by atomic mass is 15.2. The van der Waals surface area contributed by atoms with Crippen LogP contribution in [0.25, 0.3) is 22.3 Å². The summed E-state index contributed by atoms with van der Waals surface area (Å²) < 4.78 is 0. The highest BCUT2D eigenvalue weighted by Crippen LogP contribution is 2.69. The largest absolute Gasteiger partial charge is 0.360 e. The molecule has 0 N–H and O–H groups in total. The molecule has 49 heavy (non-hydrogen) atoms. The van der Waals surface area contributed by atoms with Crippen LogP contribution < -0.4 is 9.80 Å². The third-order valence-electron chi connectivity index (χ3n) is 13.3. The predicted octanol–water partition coefficient (Wildman–Crippen LogP) is 12.8. The van der Waals surface area contributed by atoms with Gasteiger partial charge in [-0.2, -0.15) is 0 Å². The molecule has 262 valence electrons. The van der Waals surface area contributed by atoms with E-state index < -0.39 is 0 Å². The van der Waals surface area contributed by atoms with E-state index in [0.29, 0.717) is 35.8 Å². The highest BCUT2D eigenvalue weighted by Gasteiger charge is 2.58. The molecule has 0 aromatic heterocycles. The molecule has 3 atom stereocenters. The van der Waals surface area contributed by atoms with Gasteiger partial charge in [0.05, 0.1) is 11.1 Å². The maximum Gasteiger partial charge on any atom is 0.0537 e. The summed E-state index contributed by atoms with van der Waals surface area (Å²) >= 11 is 0. The fraction of sp³-hybridized carbons (Fsp3) is 0.574. The number of rotatable bonds is 4. The molecule has 2 aromatic rings. The summed E-state index contributed by atoms with van der Waals surface area (Å²) in [5.41, 5.74) is 17.8. The number of benzene rings is 2. The summed E-state index contributed by atoms with van der Waals surface area (Å²) in [6.07, 6.45) is 11.6. The Labute approximate surface area is 299 Å². The maximum absolute atomic E-state index is 2.69. The first-order chi connectivity index (χ1) is 22.6. The summed E-state index contributed by atoms with van der Waals surface area (Å²) in [4.78, 5) is 5.37. The van der Waals surface area contributed by atoms with Gasteiger partial charge >= 0.3 is 0 Å². The molecule has 3 unspecified atom stereocenters. The third kappa shape index (κ3) is 4.78. The second kappa shape index (κ2) is 10.8. The van der Waals surface area contributed by atoms with Crippen LogP contribution in [0.5, 0.6) is 0 Å². The minimum Gasteiger partial charge on any atom is -0.360 e. The summed E-state index contributed by atoms with van der Waals surface area (Å²) in [5.74, 6) is 1.93. The third-order valence-corrected chi connectivity index (χ3v) is 13.3. The lowest BCUT2D eigenvalue weighted by Crippen LogP contribution is -2.49. The average molecular weight is 657 g/mol. The van der Waals surface area contributed by atoms with Crippen LogP contribution in [-0.2, 0) is 0 Å². The van der Waals surface area contributed by atoms with Gasteiger partial charge in [0.25, 0.3) is 0 Å². The zero-order valence-corrected chi connectivity index (χ0v) is 33.7. The lowest BCUT2D eigenvalue weighted by molar-refractivity contribution is 0.209. The number of anilines is 2. The molecule has 1 fully saturated rings. The molecule has 3 aliphatic carbocycles. The van der Waals surface area contributed by atoms with Gasteiger partial charge in [0, 0.05) is 51.8 Å². The molecule has 2 heteroatoms. The number of hydrogen-bond donors (Lipinski definition) is 0. The number of nitrogens with zero attached hydrogens (tertiary/aromatic N) is 2. The second-order valence-electron chi connectivity index (χ2n) is 19.6. The normalized spacial score (nSPS) is 26.8. The van der Waals surface area contributed by atoms with Crippen molar-refractivity contribution in [1.29, 1.82) is 0 Å². The van der Waals surface area contributed by atoms with Gasteiger partial charge in [-0.1, -0.05) is 71.4 Å². The van der Waals surface area contributed by atoms with Gasteiger partial charge in [-0.3, -0.25) is 0 Å². The van der Waals surface area contributed by atoms with Crippen LogP contribution >= 0.6 is 0 Å². The first-order valence-electron chi connectivity index (χ1n) is 19.4. The Morgan fingerprint density at radius 3 is 1.53 bits per heavy atom. The van der Waals surface area contributed by atoms with Gasteiger partial charge in [0.1, 0.15) is 0 Å². The van der Waals surface area contributed by atoms with Gasteiger partial charge in [-0.25, -0.2) is 0 Å². The van der Waals surface area contributed by atoms with Crippen LogP contribution in [0.4, 0.5) is 11.4 Å². The van der Waals surface area contributed by atoms with Crippen molar-refractivity contribution in [2.45, 2.75) is 146 Å². The first kappa shape index (κ1) is 34.4.